The van der Waals surface area contributed by atoms with E-state index in [1.54, 1.807) is 24.3 Å². The van der Waals surface area contributed by atoms with Crippen LogP contribution in [0.2, 0.25) is 0 Å². The topological polar surface area (TPSA) is 91.7 Å². The zero-order valence-electron chi connectivity index (χ0n) is 12.9. The molecule has 1 atom stereocenters. The van der Waals surface area contributed by atoms with Crippen LogP contribution in [-0.4, -0.2) is 28.8 Å². The van der Waals surface area contributed by atoms with Gasteiger partial charge >= 0.3 is 6.03 Å². The van der Waals surface area contributed by atoms with Crippen LogP contribution in [0.5, 0.6) is 0 Å². The number of para-hydroxylation sites is 1. The maximum absolute atomic E-state index is 12.3. The maximum atomic E-state index is 12.3. The van der Waals surface area contributed by atoms with Crippen molar-refractivity contribution in [2.45, 2.75) is 25.4 Å². The van der Waals surface area contributed by atoms with Gasteiger partial charge in [-0.1, -0.05) is 18.2 Å². The third-order valence-corrected chi connectivity index (χ3v) is 3.72. The molecule has 2 heterocycles. The first-order valence-electron chi connectivity index (χ1n) is 7.62. The Kier molecular flexibility index (Phi) is 4.60. The molecule has 7 heteroatoms. The van der Waals surface area contributed by atoms with Crippen LogP contribution >= 0.6 is 0 Å². The summed E-state index contributed by atoms with van der Waals surface area (Å²) in [5.74, 6) is -0.0161. The molecular formula is C17H17N3O4. The number of hydrogen-bond donors (Lipinski definition) is 2. The molecule has 1 fully saturated rings. The van der Waals surface area contributed by atoms with Crippen molar-refractivity contribution in [3.8, 4) is 0 Å². The number of urea groups is 1. The summed E-state index contributed by atoms with van der Waals surface area (Å²) < 4.78 is 5.15. The predicted molar refractivity (Wildman–Crippen MR) is 85.9 cm³/mol. The summed E-state index contributed by atoms with van der Waals surface area (Å²) in [4.78, 5) is 37.2. The molecule has 124 valence electrons. The van der Waals surface area contributed by atoms with Gasteiger partial charge in [0, 0.05) is 12.1 Å². The monoisotopic (exact) mass is 327 g/mol. The van der Waals surface area contributed by atoms with Crippen LogP contribution in [0.3, 0.4) is 0 Å². The molecule has 1 aromatic heterocycles. The molecule has 0 spiro atoms. The van der Waals surface area contributed by atoms with E-state index in [9.17, 15) is 14.4 Å². The molecule has 4 amide bonds. The summed E-state index contributed by atoms with van der Waals surface area (Å²) in [5.41, 5.74) is 0.698. The van der Waals surface area contributed by atoms with Crippen LogP contribution in [0.15, 0.2) is 53.1 Å². The van der Waals surface area contributed by atoms with E-state index in [4.69, 9.17) is 4.42 Å². The second-order valence-electron chi connectivity index (χ2n) is 5.46. The zero-order chi connectivity index (χ0) is 16.9. The van der Waals surface area contributed by atoms with E-state index in [1.165, 1.54) is 6.26 Å². The lowest BCUT2D eigenvalue weighted by Gasteiger charge is -2.11. The predicted octanol–water partition coefficient (Wildman–Crippen LogP) is 2.12. The zero-order valence-corrected chi connectivity index (χ0v) is 12.9. The Hall–Kier alpha value is -3.09. The minimum absolute atomic E-state index is 0.0877. The third kappa shape index (κ3) is 3.62. The Morgan fingerprint density at radius 1 is 1.17 bits per heavy atom. The first-order valence-corrected chi connectivity index (χ1v) is 7.62. The van der Waals surface area contributed by atoms with E-state index in [2.05, 4.69) is 10.6 Å². The fraction of sp³-hybridized carbons (Fsp3) is 0.235. The highest BCUT2D eigenvalue weighted by Crippen LogP contribution is 2.16. The van der Waals surface area contributed by atoms with Crippen LogP contribution in [0.4, 0.5) is 10.5 Å². The summed E-state index contributed by atoms with van der Waals surface area (Å²) in [6.45, 7) is 0.0877. The van der Waals surface area contributed by atoms with Gasteiger partial charge < -0.3 is 15.1 Å². The van der Waals surface area contributed by atoms with E-state index < -0.39 is 12.1 Å². The van der Waals surface area contributed by atoms with Gasteiger partial charge in [-0.2, -0.15) is 0 Å². The molecule has 24 heavy (non-hydrogen) atoms. The number of rotatable bonds is 6. The van der Waals surface area contributed by atoms with Gasteiger partial charge in [0.1, 0.15) is 11.8 Å². The maximum Gasteiger partial charge on any atom is 0.325 e. The summed E-state index contributed by atoms with van der Waals surface area (Å²) in [7, 11) is 0. The fourth-order valence-corrected chi connectivity index (χ4v) is 2.50. The van der Waals surface area contributed by atoms with Crippen molar-refractivity contribution in [3.05, 3.63) is 54.5 Å². The van der Waals surface area contributed by atoms with Gasteiger partial charge in [-0.3, -0.25) is 14.5 Å². The van der Waals surface area contributed by atoms with Gasteiger partial charge in [0.05, 0.1) is 12.8 Å². The Balaban J connectivity index is 1.51. The summed E-state index contributed by atoms with van der Waals surface area (Å²) in [6.07, 6.45) is 1.87. The molecule has 0 aliphatic carbocycles. The normalized spacial score (nSPS) is 17.0. The number of nitrogens with one attached hydrogen (secondary N) is 2. The Labute approximate surface area is 138 Å². The van der Waals surface area contributed by atoms with Gasteiger partial charge in [-0.25, -0.2) is 4.79 Å². The number of amides is 4. The van der Waals surface area contributed by atoms with Crippen LogP contribution in [0.25, 0.3) is 0 Å². The first-order chi connectivity index (χ1) is 11.6. The van der Waals surface area contributed by atoms with Gasteiger partial charge in [0.15, 0.2) is 0 Å². The van der Waals surface area contributed by atoms with E-state index >= 15 is 0 Å². The third-order valence-electron chi connectivity index (χ3n) is 3.72. The first kappa shape index (κ1) is 15.8. The minimum atomic E-state index is -0.686. The molecule has 0 bridgehead atoms. The largest absolute Gasteiger partial charge is 0.467 e. The van der Waals surface area contributed by atoms with Gasteiger partial charge in [0.2, 0.25) is 5.91 Å². The molecule has 0 saturated carbocycles. The van der Waals surface area contributed by atoms with Crippen molar-refractivity contribution < 1.29 is 18.8 Å². The van der Waals surface area contributed by atoms with Crippen molar-refractivity contribution >= 4 is 23.5 Å². The molecule has 1 aliphatic rings. The highest BCUT2D eigenvalue weighted by molar-refractivity contribution is 6.04. The average Bonchev–Trinajstić information content (AvgIpc) is 3.18. The number of hydrogen-bond acceptors (Lipinski definition) is 4. The summed E-state index contributed by atoms with van der Waals surface area (Å²) >= 11 is 0. The molecule has 1 aromatic carbocycles. The minimum Gasteiger partial charge on any atom is -0.467 e. The SMILES string of the molecule is O=C(CCC1NC(=O)N(Cc2ccco2)C1=O)Nc1ccccc1. The van der Waals surface area contributed by atoms with Crippen molar-refractivity contribution in [2.75, 3.05) is 5.32 Å². The number of benzene rings is 1. The van der Waals surface area contributed by atoms with Crippen molar-refractivity contribution in [1.82, 2.24) is 10.2 Å². The number of imide groups is 1. The molecule has 3 rings (SSSR count). The average molecular weight is 327 g/mol. The summed E-state index contributed by atoms with van der Waals surface area (Å²) in [5, 5.41) is 5.35. The molecule has 1 saturated heterocycles. The molecule has 1 unspecified atom stereocenters. The Bertz CT molecular complexity index is 728. The number of carbonyl (C=O) groups excluding carboxylic acids is 3. The highest BCUT2D eigenvalue weighted by Gasteiger charge is 2.38. The smallest absolute Gasteiger partial charge is 0.325 e. The standard InChI is InChI=1S/C17H17N3O4/c21-15(18-12-5-2-1-3-6-12)9-8-14-16(22)20(17(23)19-14)11-13-7-4-10-24-13/h1-7,10,14H,8-9,11H2,(H,18,21)(H,19,23). The van der Waals surface area contributed by atoms with Crippen LogP contribution < -0.4 is 10.6 Å². The van der Waals surface area contributed by atoms with E-state index in [-0.39, 0.29) is 31.2 Å². The number of carbonyl (C=O) groups is 3. The lowest BCUT2D eigenvalue weighted by molar-refractivity contribution is -0.128. The quantitative estimate of drug-likeness (QED) is 0.795. The van der Waals surface area contributed by atoms with Crippen LogP contribution in [-0.2, 0) is 16.1 Å². The second-order valence-corrected chi connectivity index (χ2v) is 5.46. The summed E-state index contributed by atoms with van der Waals surface area (Å²) in [6, 6.07) is 11.3. The lowest BCUT2D eigenvalue weighted by atomic mass is 10.1. The number of nitrogens with zero attached hydrogens (tertiary/aromatic N) is 1. The molecule has 0 radical (unpaired) electrons. The van der Waals surface area contributed by atoms with E-state index in [1.807, 2.05) is 18.2 Å². The molecule has 2 aromatic rings. The molecule has 1 aliphatic heterocycles. The Morgan fingerprint density at radius 3 is 2.67 bits per heavy atom. The van der Waals surface area contributed by atoms with Crippen LogP contribution in [0.1, 0.15) is 18.6 Å². The van der Waals surface area contributed by atoms with Gasteiger partial charge in [-0.15, -0.1) is 0 Å². The van der Waals surface area contributed by atoms with Gasteiger partial charge in [-0.05, 0) is 30.7 Å². The van der Waals surface area contributed by atoms with Crippen molar-refractivity contribution in [3.63, 3.8) is 0 Å². The van der Waals surface area contributed by atoms with E-state index in [0.29, 0.717) is 11.4 Å². The number of anilines is 1. The van der Waals surface area contributed by atoms with Crippen LogP contribution in [0, 0.1) is 0 Å². The van der Waals surface area contributed by atoms with E-state index in [0.717, 1.165) is 4.90 Å². The number of furan rings is 1. The fourth-order valence-electron chi connectivity index (χ4n) is 2.50. The molecular weight excluding hydrogens is 310 g/mol. The van der Waals surface area contributed by atoms with Crippen molar-refractivity contribution in [2.24, 2.45) is 0 Å². The van der Waals surface area contributed by atoms with Crippen molar-refractivity contribution in [1.29, 1.82) is 0 Å². The highest BCUT2D eigenvalue weighted by atomic mass is 16.3. The molecule has 7 nitrogen and oxygen atoms in total. The lowest BCUT2D eigenvalue weighted by Crippen LogP contribution is -2.31. The van der Waals surface area contributed by atoms with Gasteiger partial charge in [0.25, 0.3) is 5.91 Å². The Morgan fingerprint density at radius 2 is 1.96 bits per heavy atom. The molecule has 2 N–H and O–H groups in total. The second kappa shape index (κ2) is 6.99.